The summed E-state index contributed by atoms with van der Waals surface area (Å²) in [4.78, 5) is 0.341. The zero-order valence-corrected chi connectivity index (χ0v) is 25.3. The van der Waals surface area contributed by atoms with Gasteiger partial charge in [-0.15, -0.1) is 0 Å². The van der Waals surface area contributed by atoms with E-state index in [4.69, 9.17) is 4.74 Å². The van der Waals surface area contributed by atoms with Crippen molar-refractivity contribution < 1.29 is 13.2 Å². The van der Waals surface area contributed by atoms with Gasteiger partial charge in [0, 0.05) is 18.5 Å². The number of rotatable bonds is 10. The number of benzene rings is 4. The molecule has 0 aromatic heterocycles. The van der Waals surface area contributed by atoms with Crippen molar-refractivity contribution in [2.45, 2.75) is 61.8 Å². The molecule has 2 aliphatic carbocycles. The maximum Gasteiger partial charge on any atom is 0.240 e. The normalized spacial score (nSPS) is 22.5. The predicted molar refractivity (Wildman–Crippen MR) is 171 cm³/mol. The Morgan fingerprint density at radius 3 is 2.24 bits per heavy atom. The van der Waals surface area contributed by atoms with Gasteiger partial charge in [0.1, 0.15) is 5.75 Å². The van der Waals surface area contributed by atoms with E-state index in [0.717, 1.165) is 57.2 Å². The molecule has 2 atom stereocenters. The lowest BCUT2D eigenvalue weighted by molar-refractivity contribution is 0.252. The average Bonchev–Trinajstić information content (AvgIpc) is 3.04. The molecule has 5 nitrogen and oxygen atoms in total. The van der Waals surface area contributed by atoms with Crippen LogP contribution in [0.15, 0.2) is 95.9 Å². The minimum absolute atomic E-state index is 0.341. The lowest BCUT2D eigenvalue weighted by Crippen LogP contribution is -2.42. The quantitative estimate of drug-likeness (QED) is 0.214. The van der Waals surface area contributed by atoms with Gasteiger partial charge in [-0.25, -0.2) is 13.1 Å². The zero-order chi connectivity index (χ0) is 28.9. The van der Waals surface area contributed by atoms with E-state index in [1.54, 1.807) is 31.4 Å². The molecule has 0 amide bonds. The first-order valence-corrected chi connectivity index (χ1v) is 16.9. The van der Waals surface area contributed by atoms with E-state index in [-0.39, 0.29) is 0 Å². The smallest absolute Gasteiger partial charge is 0.240 e. The lowest BCUT2D eigenvalue weighted by atomic mass is 9.75. The van der Waals surface area contributed by atoms with Crippen molar-refractivity contribution in [3.8, 4) is 5.75 Å². The highest BCUT2D eigenvalue weighted by atomic mass is 32.2. The van der Waals surface area contributed by atoms with Crippen molar-refractivity contribution in [3.63, 3.8) is 0 Å². The molecule has 1 fully saturated rings. The predicted octanol–water partition coefficient (Wildman–Crippen LogP) is 6.86. The van der Waals surface area contributed by atoms with Crippen molar-refractivity contribution in [1.29, 1.82) is 0 Å². The summed E-state index contributed by atoms with van der Waals surface area (Å²) in [5.74, 6) is 2.37. The molecule has 0 radical (unpaired) electrons. The number of hydrogen-bond acceptors (Lipinski definition) is 4. The molecular formula is C36H42N2O3S. The highest BCUT2D eigenvalue weighted by Gasteiger charge is 2.31. The van der Waals surface area contributed by atoms with Gasteiger partial charge >= 0.3 is 0 Å². The Morgan fingerprint density at radius 2 is 1.48 bits per heavy atom. The van der Waals surface area contributed by atoms with Crippen molar-refractivity contribution in [1.82, 2.24) is 10.0 Å². The van der Waals surface area contributed by atoms with Crippen LogP contribution in [0.5, 0.6) is 5.75 Å². The van der Waals surface area contributed by atoms with Crippen LogP contribution in [0.4, 0.5) is 0 Å². The molecular weight excluding hydrogens is 540 g/mol. The van der Waals surface area contributed by atoms with E-state index in [2.05, 4.69) is 70.7 Å². The summed E-state index contributed by atoms with van der Waals surface area (Å²) in [6.07, 6.45) is 7.61. The van der Waals surface area contributed by atoms with Crippen molar-refractivity contribution in [2.75, 3.05) is 20.2 Å². The monoisotopic (exact) mass is 582 g/mol. The zero-order valence-electron chi connectivity index (χ0n) is 24.5. The van der Waals surface area contributed by atoms with Crippen LogP contribution >= 0.6 is 0 Å². The summed E-state index contributed by atoms with van der Waals surface area (Å²) in [7, 11) is -1.70. The molecule has 2 unspecified atom stereocenters. The van der Waals surface area contributed by atoms with Gasteiger partial charge in [0.15, 0.2) is 0 Å². The SMILES string of the molecule is COc1ccc2c(c1)CCC(NCC1CCC(CNS(=O)(=O)c3ccccc3)CC1)C2Cc1ccc2ccccc2c1. The molecule has 1 saturated carbocycles. The van der Waals surface area contributed by atoms with Gasteiger partial charge in [0.2, 0.25) is 10.0 Å². The molecule has 2 N–H and O–H groups in total. The van der Waals surface area contributed by atoms with Gasteiger partial charge in [-0.3, -0.25) is 0 Å². The summed E-state index contributed by atoms with van der Waals surface area (Å²) in [6, 6.07) is 31.2. The standard InChI is InChI=1S/C36H42N2O3S/c1-41-32-18-19-34-31(23-32)17-20-36(35(34)22-28-15-16-29-7-5-6-8-30(29)21-28)37-24-26-11-13-27(14-12-26)25-38-42(39,40)33-9-3-2-4-10-33/h2-10,15-16,18-19,21,23,26-27,35-38H,11-14,17,20,22,24-25H2,1H3. The number of fused-ring (bicyclic) bond motifs is 2. The van der Waals surface area contributed by atoms with Gasteiger partial charge in [-0.1, -0.05) is 66.7 Å². The molecule has 4 aromatic rings. The number of ether oxygens (including phenoxy) is 1. The Bertz CT molecular complexity index is 1600. The second-order valence-corrected chi connectivity index (χ2v) is 13.9. The molecule has 6 heteroatoms. The fourth-order valence-electron chi connectivity index (χ4n) is 7.00. The highest BCUT2D eigenvalue weighted by Crippen LogP contribution is 2.37. The second-order valence-electron chi connectivity index (χ2n) is 12.2. The van der Waals surface area contributed by atoms with Crippen LogP contribution in [0.2, 0.25) is 0 Å². The van der Waals surface area contributed by atoms with E-state index in [9.17, 15) is 8.42 Å². The molecule has 0 heterocycles. The fourth-order valence-corrected chi connectivity index (χ4v) is 8.14. The van der Waals surface area contributed by atoms with Gasteiger partial charge in [0.25, 0.3) is 0 Å². The molecule has 0 bridgehead atoms. The molecule has 0 spiro atoms. The molecule has 220 valence electrons. The maximum absolute atomic E-state index is 12.6. The topological polar surface area (TPSA) is 67.4 Å². The van der Waals surface area contributed by atoms with E-state index in [0.29, 0.717) is 35.2 Å². The first kappa shape index (κ1) is 28.9. The average molecular weight is 583 g/mol. The summed E-state index contributed by atoms with van der Waals surface area (Å²) in [5, 5.41) is 6.60. The van der Waals surface area contributed by atoms with Crippen molar-refractivity contribution in [2.24, 2.45) is 11.8 Å². The summed E-state index contributed by atoms with van der Waals surface area (Å²) in [6.45, 7) is 1.54. The van der Waals surface area contributed by atoms with E-state index in [1.807, 2.05) is 6.07 Å². The van der Waals surface area contributed by atoms with Crippen LogP contribution in [-0.4, -0.2) is 34.7 Å². The molecule has 0 aliphatic heterocycles. The van der Waals surface area contributed by atoms with Crippen LogP contribution in [0.25, 0.3) is 10.8 Å². The van der Waals surface area contributed by atoms with Crippen LogP contribution in [0, 0.1) is 11.8 Å². The maximum atomic E-state index is 12.6. The highest BCUT2D eigenvalue weighted by molar-refractivity contribution is 7.89. The fraction of sp³-hybridized carbons (Fsp3) is 0.389. The Morgan fingerprint density at radius 1 is 0.762 bits per heavy atom. The van der Waals surface area contributed by atoms with Crippen molar-refractivity contribution in [3.05, 3.63) is 108 Å². The molecule has 0 saturated heterocycles. The number of sulfonamides is 1. The summed E-state index contributed by atoms with van der Waals surface area (Å²) in [5.41, 5.74) is 4.24. The second kappa shape index (κ2) is 13.0. The number of aryl methyl sites for hydroxylation is 1. The van der Waals surface area contributed by atoms with Crippen LogP contribution < -0.4 is 14.8 Å². The van der Waals surface area contributed by atoms with Crippen LogP contribution in [0.1, 0.15) is 54.7 Å². The van der Waals surface area contributed by atoms with Gasteiger partial charge < -0.3 is 10.1 Å². The Labute approximate surface area is 250 Å². The molecule has 4 aromatic carbocycles. The van der Waals surface area contributed by atoms with Crippen LogP contribution in [-0.2, 0) is 22.9 Å². The lowest BCUT2D eigenvalue weighted by Gasteiger charge is -2.37. The van der Waals surface area contributed by atoms with E-state index in [1.165, 1.54) is 27.5 Å². The Balaban J connectivity index is 1.08. The molecule has 2 aliphatic rings. The first-order chi connectivity index (χ1) is 20.5. The number of methoxy groups -OCH3 is 1. The van der Waals surface area contributed by atoms with Gasteiger partial charge in [-0.05, 0) is 115 Å². The van der Waals surface area contributed by atoms with Crippen LogP contribution in [0.3, 0.4) is 0 Å². The minimum Gasteiger partial charge on any atom is -0.497 e. The number of nitrogens with one attached hydrogen (secondary N) is 2. The van der Waals surface area contributed by atoms with Crippen molar-refractivity contribution >= 4 is 20.8 Å². The van der Waals surface area contributed by atoms with E-state index >= 15 is 0 Å². The molecule has 42 heavy (non-hydrogen) atoms. The largest absolute Gasteiger partial charge is 0.497 e. The minimum atomic E-state index is -3.44. The molecule has 6 rings (SSSR count). The van der Waals surface area contributed by atoms with E-state index < -0.39 is 10.0 Å². The van der Waals surface area contributed by atoms with Gasteiger partial charge in [0.05, 0.1) is 12.0 Å². The summed E-state index contributed by atoms with van der Waals surface area (Å²) >= 11 is 0. The third kappa shape index (κ3) is 6.72. The summed E-state index contributed by atoms with van der Waals surface area (Å²) < 4.78 is 33.7. The first-order valence-electron chi connectivity index (χ1n) is 15.4. The van der Waals surface area contributed by atoms with Gasteiger partial charge in [-0.2, -0.15) is 0 Å². The Hall–Kier alpha value is -3.19. The third-order valence-electron chi connectivity index (χ3n) is 9.48. The number of hydrogen-bond donors (Lipinski definition) is 2. The Kier molecular flexibility index (Phi) is 8.94. The third-order valence-corrected chi connectivity index (χ3v) is 10.9.